The van der Waals surface area contributed by atoms with Crippen LogP contribution in [0, 0.1) is 0 Å². The highest BCUT2D eigenvalue weighted by atomic mass is 19.4. The normalized spacial score (nSPS) is 13.3. The lowest BCUT2D eigenvalue weighted by atomic mass is 9.80. The zero-order valence-corrected chi connectivity index (χ0v) is 8.12. The van der Waals surface area contributed by atoms with Crippen molar-refractivity contribution in [3.8, 4) is 0 Å². The van der Waals surface area contributed by atoms with Gasteiger partial charge in [-0.3, -0.25) is 4.90 Å². The topological polar surface area (TPSA) is 3.24 Å². The van der Waals surface area contributed by atoms with E-state index in [0.717, 1.165) is 0 Å². The molecule has 8 heteroatoms. The monoisotopic (exact) mass is 234 g/mol. The van der Waals surface area contributed by atoms with E-state index in [1.165, 1.54) is 6.92 Å². The zero-order valence-electron chi connectivity index (χ0n) is 8.12. The summed E-state index contributed by atoms with van der Waals surface area (Å²) in [6.45, 7) is -3.41. The number of rotatable bonds is 5. The van der Waals surface area contributed by atoms with Crippen molar-refractivity contribution >= 4 is 6.98 Å². The van der Waals surface area contributed by atoms with E-state index in [1.807, 2.05) is 0 Å². The Morgan fingerprint density at radius 1 is 1.27 bits per heavy atom. The summed E-state index contributed by atoms with van der Waals surface area (Å²) in [5.74, 6) is 0. The summed E-state index contributed by atoms with van der Waals surface area (Å²) in [6.07, 6.45) is -4.49. The van der Waals surface area contributed by atoms with Crippen LogP contribution in [0.5, 0.6) is 0 Å². The average molecular weight is 234 g/mol. The third-order valence-electron chi connectivity index (χ3n) is 1.74. The first kappa shape index (κ1) is 14.3. The van der Waals surface area contributed by atoms with Crippen LogP contribution in [0.4, 0.5) is 26.1 Å². The first-order chi connectivity index (χ1) is 6.56. The number of likely N-dealkylation sites (N-methyl/N-ethyl adjacent to an activating group) is 1. The minimum atomic E-state index is -5.26. The summed E-state index contributed by atoms with van der Waals surface area (Å²) in [5, 5.41) is 0. The van der Waals surface area contributed by atoms with Gasteiger partial charge in [-0.25, -0.2) is 0 Å². The van der Waals surface area contributed by atoms with E-state index in [0.29, 0.717) is 4.90 Å². The Labute approximate surface area is 83.8 Å². The van der Waals surface area contributed by atoms with E-state index in [9.17, 15) is 26.1 Å². The van der Waals surface area contributed by atoms with Gasteiger partial charge < -0.3 is 12.9 Å². The Morgan fingerprint density at radius 2 is 1.73 bits per heavy atom. The van der Waals surface area contributed by atoms with E-state index in [2.05, 4.69) is 6.58 Å². The van der Waals surface area contributed by atoms with E-state index in [4.69, 9.17) is 0 Å². The van der Waals surface area contributed by atoms with Crippen molar-refractivity contribution in [3.63, 3.8) is 0 Å². The van der Waals surface area contributed by atoms with Gasteiger partial charge in [-0.15, -0.1) is 12.1 Å². The van der Waals surface area contributed by atoms with Crippen molar-refractivity contribution in [1.29, 1.82) is 0 Å². The Morgan fingerprint density at radius 3 is 2.00 bits per heavy atom. The quantitative estimate of drug-likeness (QED) is 0.522. The van der Waals surface area contributed by atoms with Gasteiger partial charge in [0.25, 0.3) is 0 Å². The first-order valence-electron chi connectivity index (χ1n) is 4.23. The van der Waals surface area contributed by atoms with Gasteiger partial charge in [0.05, 0.1) is 6.54 Å². The second-order valence-corrected chi connectivity index (χ2v) is 3.15. The Kier molecular flexibility index (Phi) is 4.70. The van der Waals surface area contributed by atoms with Crippen molar-refractivity contribution in [1.82, 2.24) is 4.90 Å². The van der Waals surface area contributed by atoms with Crippen LogP contribution in [0.1, 0.15) is 6.92 Å². The van der Waals surface area contributed by atoms with Gasteiger partial charge in [0, 0.05) is 0 Å². The minimum Gasteiger partial charge on any atom is -0.445 e. The number of hydrogen-bond donors (Lipinski definition) is 0. The second kappa shape index (κ2) is 4.91. The molecule has 0 bridgehead atoms. The van der Waals surface area contributed by atoms with Gasteiger partial charge >= 0.3 is 13.2 Å². The molecular formula is C7H11BF6N-. The van der Waals surface area contributed by atoms with Gasteiger partial charge in [0.2, 0.25) is 0 Å². The summed E-state index contributed by atoms with van der Waals surface area (Å²) in [6, 6.07) is 0. The number of alkyl halides is 3. The van der Waals surface area contributed by atoms with Gasteiger partial charge in [-0.05, 0) is 13.1 Å². The fraction of sp³-hybridized carbons (Fsp3) is 0.714. The molecule has 0 aliphatic carbocycles. The molecule has 1 nitrogen and oxygen atoms in total. The summed E-state index contributed by atoms with van der Waals surface area (Å²) < 4.78 is 71.8. The van der Waals surface area contributed by atoms with Crippen LogP contribution in [0.2, 0.25) is 0 Å². The number of hydrogen-bond acceptors (Lipinski definition) is 1. The van der Waals surface area contributed by atoms with Crippen LogP contribution in [0.3, 0.4) is 0 Å². The molecule has 0 spiro atoms. The molecule has 0 N–H and O–H groups in total. The third-order valence-corrected chi connectivity index (χ3v) is 1.74. The fourth-order valence-corrected chi connectivity index (χ4v) is 0.924. The van der Waals surface area contributed by atoms with Crippen molar-refractivity contribution in [2.75, 3.05) is 19.6 Å². The third kappa shape index (κ3) is 6.43. The van der Waals surface area contributed by atoms with Crippen molar-refractivity contribution in [3.05, 3.63) is 12.1 Å². The predicted octanol–water partition coefficient (Wildman–Crippen LogP) is 2.81. The SMILES string of the molecule is C=C(CN(CC)CC(F)(F)F)[B-](F)(F)F. The summed E-state index contributed by atoms with van der Waals surface area (Å²) in [5.41, 5.74) is -1.11. The van der Waals surface area contributed by atoms with E-state index < -0.39 is 31.7 Å². The summed E-state index contributed by atoms with van der Waals surface area (Å²) >= 11 is 0. The van der Waals surface area contributed by atoms with Crippen molar-refractivity contribution in [2.45, 2.75) is 13.1 Å². The maximum Gasteiger partial charge on any atom is 0.506 e. The molecule has 0 atom stereocenters. The Balaban J connectivity index is 4.29. The van der Waals surface area contributed by atoms with Crippen molar-refractivity contribution < 1.29 is 26.1 Å². The molecule has 0 aromatic heterocycles. The molecule has 90 valence electrons. The maximum atomic E-state index is 12.0. The molecule has 0 unspecified atom stereocenters. The molecule has 0 fully saturated rings. The predicted molar refractivity (Wildman–Crippen MR) is 46.4 cm³/mol. The van der Waals surface area contributed by atoms with Crippen LogP contribution >= 0.6 is 0 Å². The number of nitrogens with zero attached hydrogens (tertiary/aromatic N) is 1. The molecule has 0 aromatic rings. The second-order valence-electron chi connectivity index (χ2n) is 3.15. The lowest BCUT2D eigenvalue weighted by Crippen LogP contribution is -2.38. The summed E-state index contributed by atoms with van der Waals surface area (Å²) in [7, 11) is 0. The molecule has 0 amide bonds. The van der Waals surface area contributed by atoms with Crippen molar-refractivity contribution in [2.24, 2.45) is 0 Å². The lowest BCUT2D eigenvalue weighted by molar-refractivity contribution is -0.144. The number of halogens is 6. The van der Waals surface area contributed by atoms with Crippen LogP contribution in [-0.2, 0) is 0 Å². The zero-order chi connectivity index (χ0) is 12.3. The van der Waals surface area contributed by atoms with E-state index >= 15 is 0 Å². The Hall–Kier alpha value is -0.655. The molecular weight excluding hydrogens is 223 g/mol. The van der Waals surface area contributed by atoms with Crippen LogP contribution < -0.4 is 0 Å². The smallest absolute Gasteiger partial charge is 0.445 e. The summed E-state index contributed by atoms with van der Waals surface area (Å²) in [4.78, 5) is 0.650. The highest BCUT2D eigenvalue weighted by molar-refractivity contribution is 6.66. The maximum absolute atomic E-state index is 12.0. The van der Waals surface area contributed by atoms with Crippen LogP contribution in [-0.4, -0.2) is 37.7 Å². The minimum absolute atomic E-state index is 0.106. The average Bonchev–Trinajstić information content (AvgIpc) is 1.98. The molecule has 0 aliphatic heterocycles. The molecule has 0 saturated carbocycles. The lowest BCUT2D eigenvalue weighted by Gasteiger charge is -2.27. The van der Waals surface area contributed by atoms with E-state index in [-0.39, 0.29) is 6.54 Å². The van der Waals surface area contributed by atoms with Gasteiger partial charge in [-0.2, -0.15) is 13.2 Å². The van der Waals surface area contributed by atoms with Gasteiger partial charge in [-0.1, -0.05) is 6.92 Å². The molecule has 0 rings (SSSR count). The fourth-order valence-electron chi connectivity index (χ4n) is 0.924. The van der Waals surface area contributed by atoms with E-state index in [1.54, 1.807) is 0 Å². The van der Waals surface area contributed by atoms with Crippen LogP contribution in [0.25, 0.3) is 0 Å². The highest BCUT2D eigenvalue weighted by Crippen LogP contribution is 2.21. The molecule has 0 aromatic carbocycles. The molecule has 0 aliphatic rings. The van der Waals surface area contributed by atoms with Gasteiger partial charge in [0.1, 0.15) is 0 Å². The molecule has 15 heavy (non-hydrogen) atoms. The molecule has 0 saturated heterocycles. The van der Waals surface area contributed by atoms with Crippen LogP contribution in [0.15, 0.2) is 12.1 Å². The highest BCUT2D eigenvalue weighted by Gasteiger charge is 2.33. The first-order valence-corrected chi connectivity index (χ1v) is 4.23. The molecule has 0 radical (unpaired) electrons. The Bertz CT molecular complexity index is 221. The van der Waals surface area contributed by atoms with Gasteiger partial charge in [0.15, 0.2) is 0 Å². The molecule has 0 heterocycles. The standard InChI is InChI=1S/C7H11BF6N/c1-3-15(5-7(9,10)11)4-6(2)8(12,13)14/h2-5H2,1H3/q-1. The largest absolute Gasteiger partial charge is 0.506 e.